The monoisotopic (exact) mass is 253 g/mol. The molecule has 0 aliphatic heterocycles. The van der Waals surface area contributed by atoms with Gasteiger partial charge in [-0.1, -0.05) is 11.8 Å². The molecule has 1 aromatic heterocycles. The van der Waals surface area contributed by atoms with E-state index in [1.165, 1.54) is 17.8 Å². The number of hydrogen-bond acceptors (Lipinski definition) is 4. The van der Waals surface area contributed by atoms with Gasteiger partial charge in [0.15, 0.2) is 11.6 Å². The lowest BCUT2D eigenvalue weighted by Crippen LogP contribution is -2.07. The van der Waals surface area contributed by atoms with Gasteiger partial charge in [0.05, 0.1) is 0 Å². The van der Waals surface area contributed by atoms with Gasteiger partial charge in [0.25, 0.3) is 0 Å². The molecule has 3 N–H and O–H groups in total. The van der Waals surface area contributed by atoms with Crippen LogP contribution in [0.4, 0.5) is 14.6 Å². The zero-order chi connectivity index (χ0) is 12.3. The number of hydrogen-bond donors (Lipinski definition) is 2. The topological polar surface area (TPSA) is 50.9 Å². The van der Waals surface area contributed by atoms with E-state index in [2.05, 4.69) is 10.4 Å². The van der Waals surface area contributed by atoms with E-state index in [0.717, 1.165) is 17.0 Å². The van der Waals surface area contributed by atoms with Crippen LogP contribution >= 0.6 is 11.8 Å². The number of aromatic nitrogens is 1. The molecule has 0 fully saturated rings. The van der Waals surface area contributed by atoms with Crippen molar-refractivity contribution in [2.75, 3.05) is 5.43 Å². The molecular formula is C11H9F2N3S. The summed E-state index contributed by atoms with van der Waals surface area (Å²) in [7, 11) is 0. The Bertz CT molecular complexity index is 534. The van der Waals surface area contributed by atoms with Crippen LogP contribution in [0.3, 0.4) is 0 Å². The molecule has 17 heavy (non-hydrogen) atoms. The number of pyridine rings is 1. The lowest BCUT2D eigenvalue weighted by Gasteiger charge is -2.04. The van der Waals surface area contributed by atoms with E-state index in [1.807, 2.05) is 0 Å². The normalized spacial score (nSPS) is 10.3. The number of nitrogen functional groups attached to an aromatic ring is 1. The molecule has 0 radical (unpaired) electrons. The van der Waals surface area contributed by atoms with Gasteiger partial charge in [-0.2, -0.15) is 0 Å². The molecule has 2 rings (SSSR count). The van der Waals surface area contributed by atoms with E-state index >= 15 is 0 Å². The molecule has 88 valence electrons. The molecule has 1 aromatic carbocycles. The summed E-state index contributed by atoms with van der Waals surface area (Å²) < 4.78 is 25.7. The SMILES string of the molecule is NNc1cc(Sc2ccc(F)c(F)c2)ccn1. The van der Waals surface area contributed by atoms with Crippen LogP contribution in [-0.4, -0.2) is 4.98 Å². The van der Waals surface area contributed by atoms with Crippen LogP contribution in [0.25, 0.3) is 0 Å². The minimum Gasteiger partial charge on any atom is -0.308 e. The Morgan fingerprint density at radius 3 is 2.53 bits per heavy atom. The largest absolute Gasteiger partial charge is 0.308 e. The molecule has 3 nitrogen and oxygen atoms in total. The first kappa shape index (κ1) is 11.8. The number of hydrazine groups is 1. The van der Waals surface area contributed by atoms with Crippen molar-refractivity contribution >= 4 is 17.6 Å². The predicted octanol–water partition coefficient (Wildman–Crippen LogP) is 2.80. The van der Waals surface area contributed by atoms with Gasteiger partial charge in [-0.25, -0.2) is 19.6 Å². The first-order chi connectivity index (χ1) is 8.19. The van der Waals surface area contributed by atoms with Gasteiger partial charge in [0.2, 0.25) is 0 Å². The Balaban J connectivity index is 2.22. The van der Waals surface area contributed by atoms with Crippen LogP contribution < -0.4 is 11.3 Å². The van der Waals surface area contributed by atoms with Crippen molar-refractivity contribution in [3.63, 3.8) is 0 Å². The van der Waals surface area contributed by atoms with Gasteiger partial charge < -0.3 is 5.43 Å². The van der Waals surface area contributed by atoms with E-state index in [1.54, 1.807) is 18.3 Å². The van der Waals surface area contributed by atoms with Gasteiger partial charge in [-0.05, 0) is 30.3 Å². The molecule has 0 unspecified atom stereocenters. The van der Waals surface area contributed by atoms with E-state index in [9.17, 15) is 8.78 Å². The molecule has 0 amide bonds. The maximum atomic E-state index is 13.0. The Morgan fingerprint density at radius 2 is 1.82 bits per heavy atom. The third kappa shape index (κ3) is 2.92. The van der Waals surface area contributed by atoms with Crippen molar-refractivity contribution < 1.29 is 8.78 Å². The molecule has 6 heteroatoms. The second-order valence-electron chi connectivity index (χ2n) is 3.20. The molecule has 0 aliphatic carbocycles. The molecule has 0 saturated carbocycles. The van der Waals surface area contributed by atoms with Crippen molar-refractivity contribution in [2.24, 2.45) is 5.84 Å². The van der Waals surface area contributed by atoms with Gasteiger partial charge >= 0.3 is 0 Å². The maximum absolute atomic E-state index is 13.0. The van der Waals surface area contributed by atoms with E-state index < -0.39 is 11.6 Å². The fraction of sp³-hybridized carbons (Fsp3) is 0. The second-order valence-corrected chi connectivity index (χ2v) is 4.35. The molecule has 0 bridgehead atoms. The van der Waals surface area contributed by atoms with Crippen molar-refractivity contribution in [2.45, 2.75) is 9.79 Å². The first-order valence-electron chi connectivity index (χ1n) is 4.74. The van der Waals surface area contributed by atoms with Crippen molar-refractivity contribution in [1.82, 2.24) is 4.98 Å². The third-order valence-electron chi connectivity index (χ3n) is 2.01. The van der Waals surface area contributed by atoms with Crippen LogP contribution in [-0.2, 0) is 0 Å². The smallest absolute Gasteiger partial charge is 0.159 e. The average molecular weight is 253 g/mol. The van der Waals surface area contributed by atoms with Crippen molar-refractivity contribution in [3.8, 4) is 0 Å². The maximum Gasteiger partial charge on any atom is 0.159 e. The number of halogens is 2. The van der Waals surface area contributed by atoms with Crippen LogP contribution in [0, 0.1) is 11.6 Å². The average Bonchev–Trinajstić information content (AvgIpc) is 2.34. The lowest BCUT2D eigenvalue weighted by atomic mass is 10.3. The van der Waals surface area contributed by atoms with Crippen LogP contribution in [0.2, 0.25) is 0 Å². The molecule has 1 heterocycles. The Hall–Kier alpha value is -1.66. The second kappa shape index (κ2) is 5.11. The number of nitrogens with one attached hydrogen (secondary N) is 1. The molecule has 0 saturated heterocycles. The molecule has 0 atom stereocenters. The zero-order valence-corrected chi connectivity index (χ0v) is 9.47. The summed E-state index contributed by atoms with van der Waals surface area (Å²) in [6.07, 6.45) is 1.58. The van der Waals surface area contributed by atoms with E-state index in [4.69, 9.17) is 5.84 Å². The Kier molecular flexibility index (Phi) is 3.55. The highest BCUT2D eigenvalue weighted by Crippen LogP contribution is 2.29. The fourth-order valence-corrected chi connectivity index (χ4v) is 2.10. The highest BCUT2D eigenvalue weighted by atomic mass is 32.2. The summed E-state index contributed by atoms with van der Waals surface area (Å²) in [5, 5.41) is 0. The van der Waals surface area contributed by atoms with E-state index in [-0.39, 0.29) is 0 Å². The minimum absolute atomic E-state index is 0.512. The Labute approximate surface area is 101 Å². The van der Waals surface area contributed by atoms with Gasteiger partial charge in [-0.3, -0.25) is 0 Å². The summed E-state index contributed by atoms with van der Waals surface area (Å²) in [6.45, 7) is 0. The number of benzene rings is 1. The summed E-state index contributed by atoms with van der Waals surface area (Å²) in [5.41, 5.74) is 2.42. The number of rotatable bonds is 3. The highest BCUT2D eigenvalue weighted by molar-refractivity contribution is 7.99. The summed E-state index contributed by atoms with van der Waals surface area (Å²) >= 11 is 1.30. The quantitative estimate of drug-likeness (QED) is 0.652. The molecular weight excluding hydrogens is 244 g/mol. The van der Waals surface area contributed by atoms with Gasteiger partial charge in [0, 0.05) is 16.0 Å². The number of anilines is 1. The first-order valence-corrected chi connectivity index (χ1v) is 5.56. The predicted molar refractivity (Wildman–Crippen MR) is 62.5 cm³/mol. The molecule has 2 aromatic rings. The van der Waals surface area contributed by atoms with Crippen LogP contribution in [0.15, 0.2) is 46.3 Å². The van der Waals surface area contributed by atoms with Crippen molar-refractivity contribution in [3.05, 3.63) is 48.2 Å². The third-order valence-corrected chi connectivity index (χ3v) is 2.99. The summed E-state index contributed by atoms with van der Waals surface area (Å²) in [6, 6.07) is 7.23. The van der Waals surface area contributed by atoms with Crippen molar-refractivity contribution in [1.29, 1.82) is 0 Å². The molecule has 0 aliphatic rings. The van der Waals surface area contributed by atoms with Crippen LogP contribution in [0.1, 0.15) is 0 Å². The highest BCUT2D eigenvalue weighted by Gasteiger charge is 2.04. The number of nitrogens with zero attached hydrogens (tertiary/aromatic N) is 1. The zero-order valence-electron chi connectivity index (χ0n) is 8.65. The fourth-order valence-electron chi connectivity index (χ4n) is 1.23. The summed E-state index contributed by atoms with van der Waals surface area (Å²) in [4.78, 5) is 5.39. The summed E-state index contributed by atoms with van der Waals surface area (Å²) in [5.74, 6) is 4.02. The van der Waals surface area contributed by atoms with Gasteiger partial charge in [0.1, 0.15) is 5.82 Å². The van der Waals surface area contributed by atoms with Crippen LogP contribution in [0.5, 0.6) is 0 Å². The number of nitrogens with two attached hydrogens (primary N) is 1. The van der Waals surface area contributed by atoms with Gasteiger partial charge in [-0.15, -0.1) is 0 Å². The lowest BCUT2D eigenvalue weighted by molar-refractivity contribution is 0.506. The Morgan fingerprint density at radius 1 is 1.06 bits per heavy atom. The van der Waals surface area contributed by atoms with E-state index in [0.29, 0.717) is 10.7 Å². The standard InChI is InChI=1S/C11H9F2N3S/c12-9-2-1-7(5-10(9)13)17-8-3-4-15-11(6-8)16-14/h1-6H,14H2,(H,15,16). The minimum atomic E-state index is -0.860. The molecule has 0 spiro atoms.